The van der Waals surface area contributed by atoms with Crippen molar-refractivity contribution in [3.8, 4) is 0 Å². The molecule has 4 rings (SSSR count). The van der Waals surface area contributed by atoms with Crippen molar-refractivity contribution in [1.29, 1.82) is 0 Å². The van der Waals surface area contributed by atoms with Gasteiger partial charge in [0.15, 0.2) is 0 Å². The van der Waals surface area contributed by atoms with Crippen molar-refractivity contribution in [1.82, 2.24) is 14.3 Å². The molecule has 0 bridgehead atoms. The molecule has 2 aromatic carbocycles. The average Bonchev–Trinajstić information content (AvgIpc) is 3.23. The number of hydrogen-bond acceptors (Lipinski definition) is 2. The van der Waals surface area contributed by atoms with E-state index in [4.69, 9.17) is 0 Å². The molecule has 0 saturated carbocycles. The highest BCUT2D eigenvalue weighted by atomic mass is 16.2. The largest absolute Gasteiger partial charge is 0.341 e. The normalized spacial score (nSPS) is 11.2. The number of rotatable bonds is 4. The quantitative estimate of drug-likeness (QED) is 0.563. The lowest BCUT2D eigenvalue weighted by molar-refractivity contribution is 0.262. The van der Waals surface area contributed by atoms with Crippen molar-refractivity contribution >= 4 is 39.2 Å². The van der Waals surface area contributed by atoms with E-state index >= 15 is 0 Å². The number of hydrogen-bond donors (Lipinski definition) is 2. The summed E-state index contributed by atoms with van der Waals surface area (Å²) in [4.78, 5) is 12.3. The van der Waals surface area contributed by atoms with Gasteiger partial charge in [-0.15, -0.1) is 0 Å². The highest BCUT2D eigenvalue weighted by Crippen LogP contribution is 2.31. The molecule has 6 nitrogen and oxygen atoms in total. The van der Waals surface area contributed by atoms with E-state index in [9.17, 15) is 4.79 Å². The maximum atomic E-state index is 12.3. The molecule has 0 fully saturated rings. The van der Waals surface area contributed by atoms with E-state index in [-0.39, 0.29) is 6.03 Å². The molecule has 2 aromatic heterocycles. The van der Waals surface area contributed by atoms with Gasteiger partial charge in [0.2, 0.25) is 0 Å². The Morgan fingerprint density at radius 3 is 2.50 bits per heavy atom. The van der Waals surface area contributed by atoms with E-state index in [0.717, 1.165) is 24.2 Å². The monoisotopic (exact) mass is 347 g/mol. The molecule has 0 atom stereocenters. The fourth-order valence-electron chi connectivity index (χ4n) is 3.37. The van der Waals surface area contributed by atoms with E-state index in [1.165, 1.54) is 16.4 Å². The molecule has 2 heterocycles. The summed E-state index contributed by atoms with van der Waals surface area (Å²) in [6, 6.07) is 14.1. The Kier molecular flexibility index (Phi) is 4.08. The highest BCUT2D eigenvalue weighted by molar-refractivity contribution is 6.10. The van der Waals surface area contributed by atoms with Crippen molar-refractivity contribution in [2.45, 2.75) is 26.9 Å². The zero-order chi connectivity index (χ0) is 18.1. The van der Waals surface area contributed by atoms with Gasteiger partial charge in [-0.05, 0) is 38.1 Å². The van der Waals surface area contributed by atoms with Crippen molar-refractivity contribution in [2.24, 2.45) is 0 Å². The van der Waals surface area contributed by atoms with Gasteiger partial charge in [0, 0.05) is 46.8 Å². The van der Waals surface area contributed by atoms with Crippen LogP contribution in [0.4, 0.5) is 16.2 Å². The van der Waals surface area contributed by atoms with Gasteiger partial charge in [-0.25, -0.2) is 4.79 Å². The van der Waals surface area contributed by atoms with E-state index in [1.54, 1.807) is 17.1 Å². The molecule has 132 valence electrons. The third-order valence-corrected chi connectivity index (χ3v) is 4.56. The number of aromatic nitrogens is 3. The summed E-state index contributed by atoms with van der Waals surface area (Å²) in [5.41, 5.74) is 3.81. The minimum atomic E-state index is -0.278. The van der Waals surface area contributed by atoms with Crippen LogP contribution in [0, 0.1) is 0 Å². The Labute approximate surface area is 151 Å². The van der Waals surface area contributed by atoms with Crippen molar-refractivity contribution in [3.05, 3.63) is 54.9 Å². The number of para-hydroxylation sites is 1. The first-order valence-corrected chi connectivity index (χ1v) is 8.81. The van der Waals surface area contributed by atoms with Gasteiger partial charge < -0.3 is 15.2 Å². The second-order valence-corrected chi connectivity index (χ2v) is 6.16. The molecule has 0 saturated heterocycles. The standard InChI is InChI=1S/C20H21N5O/c1-3-24-13-15(12-21-24)23-20(26)22-14-9-10-19-17(11-14)16-7-5-6-8-18(16)25(19)4-2/h5-13H,3-4H2,1-2H3,(H2,22,23,26). The maximum Gasteiger partial charge on any atom is 0.323 e. The van der Waals surface area contributed by atoms with Gasteiger partial charge >= 0.3 is 6.03 Å². The van der Waals surface area contributed by atoms with Crippen LogP contribution in [0.15, 0.2) is 54.9 Å². The van der Waals surface area contributed by atoms with Crippen LogP contribution in [-0.2, 0) is 13.1 Å². The van der Waals surface area contributed by atoms with Crippen molar-refractivity contribution < 1.29 is 4.79 Å². The number of nitrogens with one attached hydrogen (secondary N) is 2. The number of urea groups is 1. The predicted octanol–water partition coefficient (Wildman–Crippen LogP) is 4.67. The first-order chi connectivity index (χ1) is 12.7. The van der Waals surface area contributed by atoms with Crippen LogP contribution >= 0.6 is 0 Å². The number of fused-ring (bicyclic) bond motifs is 3. The summed E-state index contributed by atoms with van der Waals surface area (Å²) in [5, 5.41) is 12.2. The average molecular weight is 347 g/mol. The third-order valence-electron chi connectivity index (χ3n) is 4.56. The smallest absolute Gasteiger partial charge is 0.323 e. The van der Waals surface area contributed by atoms with Gasteiger partial charge in [-0.1, -0.05) is 18.2 Å². The zero-order valence-corrected chi connectivity index (χ0v) is 14.9. The van der Waals surface area contributed by atoms with E-state index in [2.05, 4.69) is 51.5 Å². The van der Waals surface area contributed by atoms with Crippen LogP contribution < -0.4 is 10.6 Å². The fraction of sp³-hybridized carbons (Fsp3) is 0.200. The van der Waals surface area contributed by atoms with Crippen LogP contribution in [0.3, 0.4) is 0 Å². The third kappa shape index (κ3) is 2.79. The number of carbonyl (C=O) groups is 1. The first-order valence-electron chi connectivity index (χ1n) is 8.81. The number of anilines is 2. The molecular weight excluding hydrogens is 326 g/mol. The summed E-state index contributed by atoms with van der Waals surface area (Å²) in [5.74, 6) is 0. The zero-order valence-electron chi connectivity index (χ0n) is 14.9. The second kappa shape index (κ2) is 6.55. The summed E-state index contributed by atoms with van der Waals surface area (Å²) in [6.45, 7) is 5.81. The van der Waals surface area contributed by atoms with E-state index in [0.29, 0.717) is 5.69 Å². The molecule has 0 unspecified atom stereocenters. The predicted molar refractivity (Wildman–Crippen MR) is 106 cm³/mol. The van der Waals surface area contributed by atoms with Crippen LogP contribution in [-0.4, -0.2) is 20.4 Å². The number of amides is 2. The van der Waals surface area contributed by atoms with Crippen molar-refractivity contribution in [3.63, 3.8) is 0 Å². The van der Waals surface area contributed by atoms with Gasteiger partial charge in [0.1, 0.15) is 0 Å². The molecule has 4 aromatic rings. The molecule has 6 heteroatoms. The number of benzene rings is 2. The molecule has 2 amide bonds. The molecule has 0 aliphatic heterocycles. The molecule has 0 aliphatic rings. The Hall–Kier alpha value is -3.28. The molecule has 0 spiro atoms. The number of aryl methyl sites for hydroxylation is 2. The van der Waals surface area contributed by atoms with Gasteiger partial charge in [-0.2, -0.15) is 5.10 Å². The Balaban J connectivity index is 1.63. The SMILES string of the molecule is CCn1cc(NC(=O)Nc2ccc3c(c2)c2ccccc2n3CC)cn1. The number of carbonyl (C=O) groups excluding carboxylic acids is 1. The topological polar surface area (TPSA) is 63.9 Å². The summed E-state index contributed by atoms with van der Waals surface area (Å²) < 4.78 is 4.05. The minimum absolute atomic E-state index is 0.278. The lowest BCUT2D eigenvalue weighted by Crippen LogP contribution is -2.19. The lowest BCUT2D eigenvalue weighted by Gasteiger charge is -2.07. The minimum Gasteiger partial charge on any atom is -0.341 e. The molecule has 0 radical (unpaired) electrons. The Morgan fingerprint density at radius 1 is 0.962 bits per heavy atom. The maximum absolute atomic E-state index is 12.3. The molecule has 0 aliphatic carbocycles. The van der Waals surface area contributed by atoms with Crippen LogP contribution in [0.25, 0.3) is 21.8 Å². The van der Waals surface area contributed by atoms with Gasteiger partial charge in [-0.3, -0.25) is 4.68 Å². The van der Waals surface area contributed by atoms with Gasteiger partial charge in [0.25, 0.3) is 0 Å². The van der Waals surface area contributed by atoms with Crippen molar-refractivity contribution in [2.75, 3.05) is 10.6 Å². The Morgan fingerprint density at radius 2 is 1.73 bits per heavy atom. The van der Waals surface area contributed by atoms with Crippen LogP contribution in [0.1, 0.15) is 13.8 Å². The second-order valence-electron chi connectivity index (χ2n) is 6.16. The number of nitrogens with zero attached hydrogens (tertiary/aromatic N) is 3. The molecule has 26 heavy (non-hydrogen) atoms. The lowest BCUT2D eigenvalue weighted by atomic mass is 10.1. The van der Waals surface area contributed by atoms with Crippen LogP contribution in [0.2, 0.25) is 0 Å². The summed E-state index contributed by atoms with van der Waals surface area (Å²) >= 11 is 0. The molecule has 2 N–H and O–H groups in total. The summed E-state index contributed by atoms with van der Waals surface area (Å²) in [6.07, 6.45) is 3.44. The van der Waals surface area contributed by atoms with E-state index < -0.39 is 0 Å². The first kappa shape index (κ1) is 16.2. The fourth-order valence-corrected chi connectivity index (χ4v) is 3.37. The highest BCUT2D eigenvalue weighted by Gasteiger charge is 2.11. The van der Waals surface area contributed by atoms with Crippen LogP contribution in [0.5, 0.6) is 0 Å². The summed E-state index contributed by atoms with van der Waals surface area (Å²) in [7, 11) is 0. The van der Waals surface area contributed by atoms with Gasteiger partial charge in [0.05, 0.1) is 11.9 Å². The Bertz CT molecular complexity index is 1090. The molecular formula is C20H21N5O. The van der Waals surface area contributed by atoms with E-state index in [1.807, 2.05) is 25.1 Å².